The number of aliphatic carboxylic acids is 1. The van der Waals surface area contributed by atoms with E-state index in [4.69, 9.17) is 28.7 Å². The van der Waals surface area contributed by atoms with Gasteiger partial charge in [0.05, 0.1) is 18.8 Å². The minimum absolute atomic E-state index is 0.0162. The van der Waals surface area contributed by atoms with Crippen molar-refractivity contribution in [1.82, 2.24) is 25.9 Å². The van der Waals surface area contributed by atoms with Crippen molar-refractivity contribution in [1.29, 1.82) is 0 Å². The lowest BCUT2D eigenvalue weighted by Gasteiger charge is -2.25. The number of carbonyl (C=O) groups excluding carboxylic acids is 5. The van der Waals surface area contributed by atoms with Crippen LogP contribution in [0.25, 0.3) is 0 Å². The number of aliphatic imine (C=N–C) groups is 1. The van der Waals surface area contributed by atoms with E-state index in [1.165, 1.54) is 12.5 Å². The van der Waals surface area contributed by atoms with E-state index in [1.807, 2.05) is 0 Å². The summed E-state index contributed by atoms with van der Waals surface area (Å²) in [5.41, 5.74) is 26.7. The summed E-state index contributed by atoms with van der Waals surface area (Å²) in [6.07, 6.45) is 1.76. The molecule has 0 fully saturated rings. The molecule has 0 spiro atoms. The third-order valence-electron chi connectivity index (χ3n) is 5.24. The molecule has 18 heteroatoms. The second kappa shape index (κ2) is 16.2. The number of carboxylic acid groups (broad SMARTS) is 1. The van der Waals surface area contributed by atoms with Gasteiger partial charge in [-0.15, -0.1) is 0 Å². The minimum Gasteiger partial charge on any atom is -0.480 e. The first-order valence-electron chi connectivity index (χ1n) is 11.8. The van der Waals surface area contributed by atoms with Gasteiger partial charge in [-0.3, -0.25) is 29.0 Å². The Kier molecular flexibility index (Phi) is 13.4. The van der Waals surface area contributed by atoms with Crippen LogP contribution in [0.2, 0.25) is 0 Å². The third kappa shape index (κ3) is 12.9. The average molecular weight is 554 g/mol. The zero-order valence-electron chi connectivity index (χ0n) is 21.1. The van der Waals surface area contributed by atoms with Crippen molar-refractivity contribution < 1.29 is 33.9 Å². The normalized spacial score (nSPS) is 13.7. The largest absolute Gasteiger partial charge is 0.480 e. The van der Waals surface area contributed by atoms with E-state index < -0.39 is 66.1 Å². The van der Waals surface area contributed by atoms with Crippen LogP contribution < -0.4 is 44.6 Å². The number of nitrogens with zero attached hydrogens (tertiary/aromatic N) is 2. The maximum Gasteiger partial charge on any atom is 0.326 e. The lowest BCUT2D eigenvalue weighted by molar-refractivity contribution is -0.142. The van der Waals surface area contributed by atoms with Gasteiger partial charge < -0.3 is 54.7 Å². The molecule has 216 valence electrons. The van der Waals surface area contributed by atoms with Gasteiger partial charge in [-0.1, -0.05) is 0 Å². The van der Waals surface area contributed by atoms with Crippen LogP contribution in [0.3, 0.4) is 0 Å². The maximum absolute atomic E-state index is 13.1. The summed E-state index contributed by atoms with van der Waals surface area (Å²) in [7, 11) is 0. The van der Waals surface area contributed by atoms with Gasteiger partial charge in [0, 0.05) is 31.3 Å². The smallest absolute Gasteiger partial charge is 0.326 e. The van der Waals surface area contributed by atoms with Crippen LogP contribution in [0.4, 0.5) is 0 Å². The predicted octanol–water partition coefficient (Wildman–Crippen LogP) is -4.99. The van der Waals surface area contributed by atoms with E-state index in [0.717, 1.165) is 0 Å². The number of imidazole rings is 1. The fraction of sp³-hybridized carbons (Fsp3) is 0.524. The highest BCUT2D eigenvalue weighted by molar-refractivity contribution is 5.95. The number of nitrogens with two attached hydrogens (primary N) is 5. The number of carboxylic acids is 1. The molecule has 0 bridgehead atoms. The van der Waals surface area contributed by atoms with Gasteiger partial charge in [0.15, 0.2) is 5.96 Å². The molecule has 0 aliphatic heterocycles. The van der Waals surface area contributed by atoms with E-state index in [9.17, 15) is 33.9 Å². The number of aromatic nitrogens is 2. The Morgan fingerprint density at radius 2 is 1.51 bits per heavy atom. The highest BCUT2D eigenvalue weighted by Gasteiger charge is 2.31. The van der Waals surface area contributed by atoms with Gasteiger partial charge in [0.25, 0.3) is 0 Å². The topological polar surface area (TPSA) is 330 Å². The molecule has 39 heavy (non-hydrogen) atoms. The first-order valence-corrected chi connectivity index (χ1v) is 11.8. The van der Waals surface area contributed by atoms with Gasteiger partial charge in [0.1, 0.15) is 18.1 Å². The van der Waals surface area contributed by atoms with E-state index >= 15 is 0 Å². The van der Waals surface area contributed by atoms with Crippen molar-refractivity contribution in [3.8, 4) is 0 Å². The Morgan fingerprint density at radius 1 is 0.897 bits per heavy atom. The number of guanidine groups is 1. The molecule has 5 amide bonds. The number of hydrogen-bond acceptors (Lipinski definition) is 9. The number of amides is 5. The number of nitrogens with one attached hydrogen (secondary N) is 4. The Morgan fingerprint density at radius 3 is 2.05 bits per heavy atom. The molecule has 0 saturated carbocycles. The summed E-state index contributed by atoms with van der Waals surface area (Å²) in [6.45, 7) is 0.134. The Balaban J connectivity index is 3.07. The number of hydrogen-bond donors (Lipinski definition) is 10. The molecule has 1 heterocycles. The van der Waals surface area contributed by atoms with Crippen LogP contribution in [-0.2, 0) is 35.2 Å². The van der Waals surface area contributed by atoms with Crippen LogP contribution in [-0.4, -0.2) is 87.3 Å². The molecule has 0 aliphatic rings. The van der Waals surface area contributed by atoms with Gasteiger partial charge in [-0.2, -0.15) is 0 Å². The van der Waals surface area contributed by atoms with Gasteiger partial charge >= 0.3 is 5.97 Å². The van der Waals surface area contributed by atoms with Gasteiger partial charge in [-0.25, -0.2) is 9.78 Å². The Hall–Kier alpha value is -4.74. The summed E-state index contributed by atoms with van der Waals surface area (Å²) in [4.78, 5) is 83.0. The first-order chi connectivity index (χ1) is 18.3. The van der Waals surface area contributed by atoms with Crippen LogP contribution >= 0.6 is 0 Å². The maximum atomic E-state index is 13.1. The van der Waals surface area contributed by atoms with Crippen LogP contribution in [0.5, 0.6) is 0 Å². The van der Waals surface area contributed by atoms with E-state index in [2.05, 4.69) is 30.9 Å². The summed E-state index contributed by atoms with van der Waals surface area (Å²) in [5.74, 6) is -5.75. The van der Waals surface area contributed by atoms with Gasteiger partial charge in [0.2, 0.25) is 29.5 Å². The molecule has 0 aromatic carbocycles. The highest BCUT2D eigenvalue weighted by atomic mass is 16.4. The monoisotopic (exact) mass is 553 g/mol. The molecular formula is C21H35N11O7. The molecule has 0 aliphatic carbocycles. The van der Waals surface area contributed by atoms with Crippen LogP contribution in [0.1, 0.15) is 37.8 Å². The molecule has 18 nitrogen and oxygen atoms in total. The highest BCUT2D eigenvalue weighted by Crippen LogP contribution is 2.06. The standard InChI is InChI=1S/C21H35N11O7/c22-11(7-16(24)34)17(35)30-12(3-4-15(23)33)18(36)32-14(6-10-8-27-9-29-10)19(37)31-13(20(38)39)2-1-5-28-21(25)26/h8-9,11-14H,1-7,22H2,(H2,23,33)(H2,24,34)(H,27,29)(H,30,35)(H,31,37)(H,32,36)(H,38,39)(H4,25,26,28). The van der Waals surface area contributed by atoms with Gasteiger partial charge in [-0.05, 0) is 19.3 Å². The van der Waals surface area contributed by atoms with Crippen LogP contribution in [0, 0.1) is 0 Å². The van der Waals surface area contributed by atoms with Crippen molar-refractivity contribution in [3.63, 3.8) is 0 Å². The van der Waals surface area contributed by atoms with Crippen LogP contribution in [0.15, 0.2) is 17.5 Å². The second-order valence-corrected chi connectivity index (χ2v) is 8.53. The van der Waals surface area contributed by atoms with E-state index in [1.54, 1.807) is 0 Å². The molecule has 1 aromatic heterocycles. The van der Waals surface area contributed by atoms with Crippen molar-refractivity contribution in [2.24, 2.45) is 33.7 Å². The minimum atomic E-state index is -1.38. The van der Waals surface area contributed by atoms with E-state index in [-0.39, 0.29) is 44.6 Å². The van der Waals surface area contributed by atoms with Crippen molar-refractivity contribution in [2.75, 3.05) is 6.54 Å². The quantitative estimate of drug-likeness (QED) is 0.0466. The van der Waals surface area contributed by atoms with Crippen molar-refractivity contribution in [2.45, 2.75) is 62.7 Å². The molecular weight excluding hydrogens is 518 g/mol. The predicted molar refractivity (Wildman–Crippen MR) is 136 cm³/mol. The lowest BCUT2D eigenvalue weighted by atomic mass is 10.1. The molecule has 0 radical (unpaired) electrons. The SMILES string of the molecule is NC(=O)CCC(NC(=O)C(N)CC(N)=O)C(=O)NC(Cc1cnc[nH]1)C(=O)NC(CCCN=C(N)N)C(=O)O. The van der Waals surface area contributed by atoms with E-state index in [0.29, 0.717) is 5.69 Å². The number of aromatic amines is 1. The summed E-state index contributed by atoms with van der Waals surface area (Å²) >= 11 is 0. The third-order valence-corrected chi connectivity index (χ3v) is 5.24. The molecule has 4 atom stereocenters. The van der Waals surface area contributed by atoms with Crippen molar-refractivity contribution in [3.05, 3.63) is 18.2 Å². The molecule has 0 saturated heterocycles. The molecule has 1 rings (SSSR count). The fourth-order valence-corrected chi connectivity index (χ4v) is 3.27. The van der Waals surface area contributed by atoms with Crippen molar-refractivity contribution >= 4 is 41.5 Å². The molecule has 1 aromatic rings. The number of rotatable bonds is 18. The number of carbonyl (C=O) groups is 6. The zero-order valence-corrected chi connectivity index (χ0v) is 21.1. The number of H-pyrrole nitrogens is 1. The number of primary amides is 2. The fourth-order valence-electron chi connectivity index (χ4n) is 3.27. The Bertz CT molecular complexity index is 1040. The summed E-state index contributed by atoms with van der Waals surface area (Å²) < 4.78 is 0. The summed E-state index contributed by atoms with van der Waals surface area (Å²) in [5, 5.41) is 16.7. The zero-order chi connectivity index (χ0) is 29.5. The molecule has 15 N–H and O–H groups in total. The summed E-state index contributed by atoms with van der Waals surface area (Å²) in [6, 6.07) is -5.41. The second-order valence-electron chi connectivity index (χ2n) is 8.53. The molecule has 4 unspecified atom stereocenters. The first kappa shape index (κ1) is 32.3. The lowest BCUT2D eigenvalue weighted by Crippen LogP contribution is -2.58. The average Bonchev–Trinajstić information content (AvgIpc) is 3.35. The Labute approximate surface area is 222 Å².